The summed E-state index contributed by atoms with van der Waals surface area (Å²) in [7, 11) is 0. The first kappa shape index (κ1) is 9.43. The average molecular weight is 168 g/mol. The molecule has 1 rings (SSSR count). The van der Waals surface area contributed by atoms with Gasteiger partial charge < -0.3 is 10.2 Å². The van der Waals surface area contributed by atoms with Crippen LogP contribution in [0.25, 0.3) is 0 Å². The van der Waals surface area contributed by atoms with Gasteiger partial charge in [-0.1, -0.05) is 20.8 Å². The molecule has 0 aromatic heterocycles. The van der Waals surface area contributed by atoms with Crippen molar-refractivity contribution in [3.8, 4) is 0 Å². The van der Waals surface area contributed by atoms with E-state index in [-0.39, 0.29) is 5.41 Å². The summed E-state index contributed by atoms with van der Waals surface area (Å²) in [5.74, 6) is 0. The average Bonchev–Trinajstić information content (AvgIpc) is 2.30. The summed E-state index contributed by atoms with van der Waals surface area (Å²) >= 11 is 0. The molecule has 0 unspecified atom stereocenters. The molecule has 0 bridgehead atoms. The highest BCUT2D eigenvalue weighted by atomic mass is 15.3. The summed E-state index contributed by atoms with van der Waals surface area (Å²) in [4.78, 5) is 2.40. The minimum Gasteiger partial charge on any atom is -0.372 e. The van der Waals surface area contributed by atoms with Gasteiger partial charge in [-0.05, 0) is 13.8 Å². The molecule has 1 heterocycles. The Labute approximate surface area is 75.6 Å². The SMILES string of the molecule is CC(C)N1CNC=C1C(C)(C)C. The van der Waals surface area contributed by atoms with Gasteiger partial charge in [-0.3, -0.25) is 0 Å². The predicted molar refractivity (Wildman–Crippen MR) is 52.5 cm³/mol. The van der Waals surface area contributed by atoms with Crippen LogP contribution in [0.3, 0.4) is 0 Å². The third kappa shape index (κ3) is 1.74. The molecule has 0 atom stereocenters. The molecule has 0 saturated carbocycles. The minimum absolute atomic E-state index is 0.258. The first-order valence-corrected chi connectivity index (χ1v) is 4.63. The van der Waals surface area contributed by atoms with Crippen LogP contribution in [0.1, 0.15) is 34.6 Å². The Morgan fingerprint density at radius 1 is 1.42 bits per heavy atom. The molecule has 0 saturated heterocycles. The van der Waals surface area contributed by atoms with Crippen LogP contribution < -0.4 is 5.32 Å². The van der Waals surface area contributed by atoms with Gasteiger partial charge in [-0.15, -0.1) is 0 Å². The van der Waals surface area contributed by atoms with Crippen molar-refractivity contribution in [3.05, 3.63) is 11.9 Å². The topological polar surface area (TPSA) is 15.3 Å². The molecular weight excluding hydrogens is 148 g/mol. The summed E-state index contributed by atoms with van der Waals surface area (Å²) in [6.45, 7) is 12.2. The molecule has 70 valence electrons. The van der Waals surface area contributed by atoms with Crippen molar-refractivity contribution in [1.82, 2.24) is 10.2 Å². The fourth-order valence-corrected chi connectivity index (χ4v) is 1.52. The van der Waals surface area contributed by atoms with Gasteiger partial charge in [0.2, 0.25) is 0 Å². The smallest absolute Gasteiger partial charge is 0.0872 e. The number of allylic oxidation sites excluding steroid dienone is 1. The lowest BCUT2D eigenvalue weighted by Crippen LogP contribution is -2.34. The monoisotopic (exact) mass is 168 g/mol. The molecule has 0 amide bonds. The normalized spacial score (nSPS) is 18.2. The van der Waals surface area contributed by atoms with Crippen LogP contribution in [-0.2, 0) is 0 Å². The summed E-state index contributed by atoms with van der Waals surface area (Å²) < 4.78 is 0. The summed E-state index contributed by atoms with van der Waals surface area (Å²) in [6, 6.07) is 0.588. The maximum Gasteiger partial charge on any atom is 0.0872 e. The summed E-state index contributed by atoms with van der Waals surface area (Å²) in [6.07, 6.45) is 2.14. The van der Waals surface area contributed by atoms with Crippen LogP contribution >= 0.6 is 0 Å². The van der Waals surface area contributed by atoms with Crippen molar-refractivity contribution in [2.45, 2.75) is 40.7 Å². The Hall–Kier alpha value is -0.660. The number of nitrogens with zero attached hydrogens (tertiary/aromatic N) is 1. The highest BCUT2D eigenvalue weighted by Crippen LogP contribution is 2.30. The van der Waals surface area contributed by atoms with Crippen LogP contribution in [0.2, 0.25) is 0 Å². The second-order valence-corrected chi connectivity index (χ2v) is 4.71. The van der Waals surface area contributed by atoms with E-state index in [0.717, 1.165) is 6.67 Å². The molecule has 0 spiro atoms. The van der Waals surface area contributed by atoms with Crippen molar-refractivity contribution >= 4 is 0 Å². The van der Waals surface area contributed by atoms with Crippen molar-refractivity contribution in [3.63, 3.8) is 0 Å². The standard InChI is InChI=1S/C10H20N2/c1-8(2)12-7-11-6-9(12)10(3,4)5/h6,8,11H,7H2,1-5H3. The van der Waals surface area contributed by atoms with E-state index < -0.39 is 0 Å². The van der Waals surface area contributed by atoms with Crippen LogP contribution in [0.4, 0.5) is 0 Å². The van der Waals surface area contributed by atoms with E-state index in [0.29, 0.717) is 6.04 Å². The zero-order chi connectivity index (χ0) is 9.35. The zero-order valence-electron chi connectivity index (χ0n) is 8.81. The third-order valence-corrected chi connectivity index (χ3v) is 2.20. The number of nitrogens with one attached hydrogen (secondary N) is 1. The fourth-order valence-electron chi connectivity index (χ4n) is 1.52. The van der Waals surface area contributed by atoms with Gasteiger partial charge in [-0.2, -0.15) is 0 Å². The molecule has 1 aliphatic rings. The molecule has 12 heavy (non-hydrogen) atoms. The Balaban J connectivity index is 2.76. The van der Waals surface area contributed by atoms with Gasteiger partial charge in [0, 0.05) is 23.4 Å². The van der Waals surface area contributed by atoms with Crippen molar-refractivity contribution in [2.24, 2.45) is 5.41 Å². The first-order valence-electron chi connectivity index (χ1n) is 4.63. The number of hydrogen-bond acceptors (Lipinski definition) is 2. The maximum atomic E-state index is 3.27. The van der Waals surface area contributed by atoms with E-state index in [4.69, 9.17) is 0 Å². The van der Waals surface area contributed by atoms with Gasteiger partial charge in [0.1, 0.15) is 0 Å². The van der Waals surface area contributed by atoms with Gasteiger partial charge in [-0.25, -0.2) is 0 Å². The van der Waals surface area contributed by atoms with Crippen LogP contribution in [0, 0.1) is 5.41 Å². The highest BCUT2D eigenvalue weighted by Gasteiger charge is 2.27. The Morgan fingerprint density at radius 2 is 2.00 bits per heavy atom. The minimum atomic E-state index is 0.258. The van der Waals surface area contributed by atoms with E-state index in [1.807, 2.05) is 0 Å². The Morgan fingerprint density at radius 3 is 2.33 bits per heavy atom. The molecule has 0 fully saturated rings. The molecule has 2 nitrogen and oxygen atoms in total. The molecule has 1 N–H and O–H groups in total. The van der Waals surface area contributed by atoms with Gasteiger partial charge in [0.25, 0.3) is 0 Å². The van der Waals surface area contributed by atoms with E-state index in [2.05, 4.69) is 51.0 Å². The Bertz CT molecular complexity index is 187. The molecule has 1 aliphatic heterocycles. The van der Waals surface area contributed by atoms with Gasteiger partial charge in [0.15, 0.2) is 0 Å². The zero-order valence-corrected chi connectivity index (χ0v) is 8.81. The molecule has 0 aromatic rings. The van der Waals surface area contributed by atoms with Crippen molar-refractivity contribution < 1.29 is 0 Å². The lowest BCUT2D eigenvalue weighted by Gasteiger charge is -2.33. The molecule has 2 heteroatoms. The quantitative estimate of drug-likeness (QED) is 0.645. The molecule has 0 radical (unpaired) electrons. The Kier molecular flexibility index (Phi) is 2.36. The second kappa shape index (κ2) is 3.00. The third-order valence-electron chi connectivity index (χ3n) is 2.20. The van der Waals surface area contributed by atoms with Crippen molar-refractivity contribution in [2.75, 3.05) is 6.67 Å². The van der Waals surface area contributed by atoms with E-state index in [1.54, 1.807) is 0 Å². The van der Waals surface area contributed by atoms with Crippen LogP contribution in [-0.4, -0.2) is 17.6 Å². The first-order chi connectivity index (χ1) is 5.43. The lowest BCUT2D eigenvalue weighted by atomic mass is 9.91. The van der Waals surface area contributed by atoms with E-state index in [9.17, 15) is 0 Å². The molecule has 0 aromatic carbocycles. The second-order valence-electron chi connectivity index (χ2n) is 4.71. The molecule has 0 aliphatic carbocycles. The lowest BCUT2D eigenvalue weighted by molar-refractivity contribution is 0.242. The van der Waals surface area contributed by atoms with Gasteiger partial charge in [0.05, 0.1) is 6.67 Å². The number of hydrogen-bond donors (Lipinski definition) is 1. The number of rotatable bonds is 1. The summed E-state index contributed by atoms with van der Waals surface area (Å²) in [5.41, 5.74) is 1.67. The summed E-state index contributed by atoms with van der Waals surface area (Å²) in [5, 5.41) is 3.27. The fraction of sp³-hybridized carbons (Fsp3) is 0.800. The van der Waals surface area contributed by atoms with E-state index >= 15 is 0 Å². The van der Waals surface area contributed by atoms with Crippen LogP contribution in [0.5, 0.6) is 0 Å². The maximum absolute atomic E-state index is 3.27. The predicted octanol–water partition coefficient (Wildman–Crippen LogP) is 2.15. The van der Waals surface area contributed by atoms with E-state index in [1.165, 1.54) is 5.70 Å². The van der Waals surface area contributed by atoms with Gasteiger partial charge >= 0.3 is 0 Å². The molecular formula is C10H20N2. The largest absolute Gasteiger partial charge is 0.372 e. The van der Waals surface area contributed by atoms with Crippen LogP contribution in [0.15, 0.2) is 11.9 Å². The highest BCUT2D eigenvalue weighted by molar-refractivity contribution is 5.13. The van der Waals surface area contributed by atoms with Crippen molar-refractivity contribution in [1.29, 1.82) is 0 Å².